The zero-order chi connectivity index (χ0) is 25.6. The van der Waals surface area contributed by atoms with Crippen LogP contribution in [0.1, 0.15) is 41.3 Å². The van der Waals surface area contributed by atoms with Gasteiger partial charge in [-0.25, -0.2) is 32.2 Å². The van der Waals surface area contributed by atoms with Crippen molar-refractivity contribution in [2.24, 2.45) is 0 Å². The van der Waals surface area contributed by atoms with Crippen LogP contribution >= 0.6 is 0 Å². The number of rotatable bonds is 5. The Bertz CT molecular complexity index is 1470. The Hall–Kier alpha value is -3.99. The average Bonchev–Trinajstić information content (AvgIpc) is 3.49. The fourth-order valence-electron chi connectivity index (χ4n) is 4.33. The van der Waals surface area contributed by atoms with Gasteiger partial charge in [0.05, 0.1) is 24.8 Å². The molecule has 0 saturated carbocycles. The van der Waals surface area contributed by atoms with Crippen molar-refractivity contribution in [3.63, 3.8) is 0 Å². The second-order valence-corrected chi connectivity index (χ2v) is 8.55. The summed E-state index contributed by atoms with van der Waals surface area (Å²) in [5.41, 5.74) is -0.176. The molecule has 0 aliphatic carbocycles. The smallest absolute Gasteiger partial charge is 0.210 e. The minimum absolute atomic E-state index is 0.0490. The molecule has 0 spiro atoms. The van der Waals surface area contributed by atoms with E-state index in [-0.39, 0.29) is 23.6 Å². The number of aromatic nitrogens is 5. The molecule has 36 heavy (non-hydrogen) atoms. The second-order valence-electron chi connectivity index (χ2n) is 8.55. The van der Waals surface area contributed by atoms with Crippen molar-refractivity contribution in [2.45, 2.75) is 31.9 Å². The van der Waals surface area contributed by atoms with Crippen LogP contribution in [0.2, 0.25) is 0 Å². The van der Waals surface area contributed by atoms with Crippen molar-refractivity contribution in [2.75, 3.05) is 7.11 Å². The summed E-state index contributed by atoms with van der Waals surface area (Å²) in [5.74, 6) is -5.21. The van der Waals surface area contributed by atoms with Gasteiger partial charge in [0.2, 0.25) is 5.82 Å². The number of hydrogen-bond donors (Lipinski definition) is 1. The molecule has 0 fully saturated rings. The molecule has 1 N–H and O–H groups in total. The van der Waals surface area contributed by atoms with E-state index in [0.29, 0.717) is 36.4 Å². The van der Waals surface area contributed by atoms with Gasteiger partial charge in [0, 0.05) is 12.7 Å². The van der Waals surface area contributed by atoms with E-state index >= 15 is 4.39 Å². The normalized spacial score (nSPS) is 17.8. The van der Waals surface area contributed by atoms with Gasteiger partial charge in [0.1, 0.15) is 11.4 Å². The Morgan fingerprint density at radius 1 is 1.17 bits per heavy atom. The topological polar surface area (TPSA) is 78.0 Å². The van der Waals surface area contributed by atoms with Gasteiger partial charge in [-0.3, -0.25) is 0 Å². The average molecular weight is 499 g/mol. The Balaban J connectivity index is 1.50. The number of methoxy groups -OCH3 is 1. The Morgan fingerprint density at radius 2 is 1.92 bits per heavy atom. The number of imidazole rings is 1. The lowest BCUT2D eigenvalue weighted by molar-refractivity contribution is 0.0387. The van der Waals surface area contributed by atoms with E-state index in [1.165, 1.54) is 17.9 Å². The Labute approximate surface area is 203 Å². The van der Waals surface area contributed by atoms with Crippen molar-refractivity contribution in [1.82, 2.24) is 24.3 Å². The first-order valence-corrected chi connectivity index (χ1v) is 11.1. The zero-order valence-electron chi connectivity index (χ0n) is 19.3. The van der Waals surface area contributed by atoms with E-state index in [9.17, 15) is 18.3 Å². The summed E-state index contributed by atoms with van der Waals surface area (Å²) >= 11 is 0. The van der Waals surface area contributed by atoms with Crippen molar-refractivity contribution in [3.8, 4) is 11.4 Å². The third kappa shape index (κ3) is 4.05. The summed E-state index contributed by atoms with van der Waals surface area (Å²) in [6, 6.07) is 6.50. The van der Waals surface area contributed by atoms with E-state index in [2.05, 4.69) is 15.1 Å². The van der Waals surface area contributed by atoms with Crippen LogP contribution < -0.4 is 4.74 Å². The minimum Gasteiger partial charge on any atom is -0.495 e. The molecular weight excluding hydrogens is 478 g/mol. The lowest BCUT2D eigenvalue weighted by Crippen LogP contribution is -2.36. The van der Waals surface area contributed by atoms with Gasteiger partial charge >= 0.3 is 0 Å². The largest absolute Gasteiger partial charge is 0.495 e. The minimum atomic E-state index is -1.97. The molecule has 3 heterocycles. The van der Waals surface area contributed by atoms with Gasteiger partial charge < -0.3 is 14.4 Å². The molecule has 5 rings (SSSR count). The van der Waals surface area contributed by atoms with Crippen molar-refractivity contribution in [1.29, 1.82) is 0 Å². The molecule has 1 aliphatic rings. The summed E-state index contributed by atoms with van der Waals surface area (Å²) in [6.07, 6.45) is 5.11. The van der Waals surface area contributed by atoms with Crippen LogP contribution in [0.4, 0.5) is 17.6 Å². The van der Waals surface area contributed by atoms with Gasteiger partial charge in [-0.1, -0.05) is 6.07 Å². The predicted molar refractivity (Wildman–Crippen MR) is 122 cm³/mol. The molecule has 4 aromatic rings. The van der Waals surface area contributed by atoms with E-state index < -0.39 is 28.9 Å². The Kier molecular flexibility index (Phi) is 5.87. The first-order valence-electron chi connectivity index (χ1n) is 11.1. The number of nitrogens with zero attached hydrogens (tertiary/aromatic N) is 5. The third-order valence-corrected chi connectivity index (χ3v) is 6.11. The number of ether oxygens (including phenoxy) is 1. The van der Waals surface area contributed by atoms with E-state index in [1.807, 2.05) is 13.1 Å². The van der Waals surface area contributed by atoms with E-state index in [4.69, 9.17) is 4.74 Å². The number of hydrogen-bond acceptors (Lipinski definition) is 5. The summed E-state index contributed by atoms with van der Waals surface area (Å²) < 4.78 is 64.9. The fraction of sp³-hybridized carbons (Fsp3) is 0.240. The molecule has 2 aromatic carbocycles. The number of halogens is 4. The lowest BCUT2D eigenvalue weighted by Gasteiger charge is -2.31. The van der Waals surface area contributed by atoms with Crippen LogP contribution in [0.15, 0.2) is 42.9 Å². The molecule has 0 radical (unpaired) electrons. The van der Waals surface area contributed by atoms with Crippen molar-refractivity contribution in [3.05, 3.63) is 88.8 Å². The second kappa shape index (κ2) is 8.90. The Morgan fingerprint density at radius 3 is 2.58 bits per heavy atom. The molecule has 186 valence electrons. The molecule has 0 unspecified atom stereocenters. The molecule has 0 saturated heterocycles. The molecular formula is C25H21F4N5O2. The van der Waals surface area contributed by atoms with Crippen LogP contribution in [0.25, 0.3) is 17.6 Å². The van der Waals surface area contributed by atoms with Crippen LogP contribution in [-0.2, 0) is 12.1 Å². The summed E-state index contributed by atoms with van der Waals surface area (Å²) in [6.45, 7) is 2.17. The molecule has 2 aromatic heterocycles. The quantitative estimate of drug-likeness (QED) is 0.318. The third-order valence-electron chi connectivity index (χ3n) is 6.11. The standard InChI is InChI=1S/C25H21F4N5O2/c1-14-12-33(13-30-14)20-5-4-15(9-21(20)36-2)8-19(28)23-31-24-25(35,6-3-7-34(24)32-23)16-10-17(26)22(29)18(27)11-16/h4-5,8-13,35H,3,6-7H2,1-2H3/t25-/m0/s1. The molecule has 0 bridgehead atoms. The highest BCUT2D eigenvalue weighted by Gasteiger charge is 2.41. The van der Waals surface area contributed by atoms with Crippen LogP contribution in [0.3, 0.4) is 0 Å². The molecule has 7 nitrogen and oxygen atoms in total. The number of aliphatic hydroxyl groups is 1. The highest BCUT2D eigenvalue weighted by atomic mass is 19.2. The molecule has 1 atom stereocenters. The zero-order valence-corrected chi connectivity index (χ0v) is 19.3. The SMILES string of the molecule is COc1cc(C=C(F)c2nc3n(n2)CCC[C@]3(O)c2cc(F)c(F)c(F)c2)ccc1-n1cnc(C)c1. The summed E-state index contributed by atoms with van der Waals surface area (Å²) in [5, 5.41) is 15.4. The maximum Gasteiger partial charge on any atom is 0.210 e. The maximum absolute atomic E-state index is 15.2. The van der Waals surface area contributed by atoms with E-state index in [1.54, 1.807) is 29.1 Å². The summed E-state index contributed by atoms with van der Waals surface area (Å²) in [7, 11) is 1.50. The summed E-state index contributed by atoms with van der Waals surface area (Å²) in [4.78, 5) is 8.34. The van der Waals surface area contributed by atoms with Crippen LogP contribution in [0, 0.1) is 24.4 Å². The van der Waals surface area contributed by atoms with Crippen LogP contribution in [0.5, 0.6) is 5.75 Å². The number of fused-ring (bicyclic) bond motifs is 1. The highest BCUT2D eigenvalue weighted by Crippen LogP contribution is 2.38. The van der Waals surface area contributed by atoms with Gasteiger partial charge in [0.25, 0.3) is 0 Å². The molecule has 1 aliphatic heterocycles. The number of benzene rings is 2. The van der Waals surface area contributed by atoms with E-state index in [0.717, 1.165) is 11.4 Å². The predicted octanol–water partition coefficient (Wildman–Crippen LogP) is 4.70. The van der Waals surface area contributed by atoms with Gasteiger partial charge in [-0.15, -0.1) is 5.10 Å². The molecule has 11 heteroatoms. The van der Waals surface area contributed by atoms with Gasteiger partial charge in [-0.2, -0.15) is 0 Å². The lowest BCUT2D eigenvalue weighted by atomic mass is 9.86. The highest BCUT2D eigenvalue weighted by molar-refractivity contribution is 5.75. The maximum atomic E-state index is 15.2. The van der Waals surface area contributed by atoms with Crippen molar-refractivity contribution < 1.29 is 27.4 Å². The monoisotopic (exact) mass is 499 g/mol. The first kappa shape index (κ1) is 23.7. The van der Waals surface area contributed by atoms with Crippen LogP contribution in [-0.4, -0.2) is 36.5 Å². The van der Waals surface area contributed by atoms with Gasteiger partial charge in [0.15, 0.2) is 29.1 Å². The van der Waals surface area contributed by atoms with Gasteiger partial charge in [-0.05, 0) is 61.2 Å². The van der Waals surface area contributed by atoms with Crippen molar-refractivity contribution >= 4 is 11.9 Å². The number of aryl methyl sites for hydroxylation is 2. The first-order chi connectivity index (χ1) is 17.2. The molecule has 0 amide bonds. The fourth-order valence-corrected chi connectivity index (χ4v) is 4.33.